The average molecular weight is 257 g/mol. The molecule has 2 aromatic rings. The van der Waals surface area contributed by atoms with Crippen LogP contribution in [0.1, 0.15) is 25.7 Å². The predicted molar refractivity (Wildman–Crippen MR) is 75.5 cm³/mol. The molecular formula is C16H19NO2. The largest absolute Gasteiger partial charge is 0.496 e. The SMILES string of the molecule is COc1cccc2c1ccn2CC(=O)C1CCCC1. The number of hydrogen-bond donors (Lipinski definition) is 0. The van der Waals surface area contributed by atoms with Gasteiger partial charge in [0.05, 0.1) is 19.2 Å². The Morgan fingerprint density at radius 3 is 2.84 bits per heavy atom. The minimum atomic E-state index is 0.281. The van der Waals surface area contributed by atoms with Crippen molar-refractivity contribution in [1.82, 2.24) is 4.57 Å². The molecule has 100 valence electrons. The number of carbonyl (C=O) groups excluding carboxylic acids is 1. The molecule has 0 amide bonds. The number of Topliss-reactive ketones (excluding diaryl/α,β-unsaturated/α-hetero) is 1. The van der Waals surface area contributed by atoms with Crippen molar-refractivity contribution in [2.45, 2.75) is 32.2 Å². The highest BCUT2D eigenvalue weighted by atomic mass is 16.5. The minimum Gasteiger partial charge on any atom is -0.496 e. The van der Waals surface area contributed by atoms with E-state index in [2.05, 4.69) is 0 Å². The molecule has 0 bridgehead atoms. The van der Waals surface area contributed by atoms with Gasteiger partial charge < -0.3 is 9.30 Å². The second kappa shape index (κ2) is 5.08. The van der Waals surface area contributed by atoms with Crippen molar-refractivity contribution in [3.63, 3.8) is 0 Å². The number of ketones is 1. The molecule has 0 spiro atoms. The molecule has 1 heterocycles. The maximum Gasteiger partial charge on any atom is 0.155 e. The minimum absolute atomic E-state index is 0.281. The standard InChI is InChI=1S/C16H19NO2/c1-19-16-8-4-7-14-13(16)9-10-17(14)11-15(18)12-5-2-3-6-12/h4,7-10,12H,2-3,5-6,11H2,1H3. The highest BCUT2D eigenvalue weighted by Gasteiger charge is 2.22. The first-order valence-electron chi connectivity index (χ1n) is 6.94. The summed E-state index contributed by atoms with van der Waals surface area (Å²) in [7, 11) is 1.68. The van der Waals surface area contributed by atoms with E-state index < -0.39 is 0 Å². The van der Waals surface area contributed by atoms with Crippen molar-refractivity contribution in [2.24, 2.45) is 5.92 Å². The van der Waals surface area contributed by atoms with Crippen molar-refractivity contribution in [2.75, 3.05) is 7.11 Å². The quantitative estimate of drug-likeness (QED) is 0.840. The summed E-state index contributed by atoms with van der Waals surface area (Å²) in [5.41, 5.74) is 1.07. The third-order valence-electron chi connectivity index (χ3n) is 4.13. The van der Waals surface area contributed by atoms with E-state index in [1.54, 1.807) is 7.11 Å². The molecule has 0 radical (unpaired) electrons. The number of fused-ring (bicyclic) bond motifs is 1. The molecule has 3 rings (SSSR count). The molecule has 1 aliphatic carbocycles. The molecule has 19 heavy (non-hydrogen) atoms. The Morgan fingerprint density at radius 2 is 2.11 bits per heavy atom. The van der Waals surface area contributed by atoms with E-state index in [1.807, 2.05) is 35.0 Å². The molecule has 0 saturated heterocycles. The Bertz CT molecular complexity index is 594. The molecule has 1 aromatic carbocycles. The Labute approximate surface area is 113 Å². The van der Waals surface area contributed by atoms with Gasteiger partial charge in [-0.25, -0.2) is 0 Å². The van der Waals surface area contributed by atoms with Gasteiger partial charge in [-0.05, 0) is 31.0 Å². The first kappa shape index (κ1) is 12.3. The fraction of sp³-hybridized carbons (Fsp3) is 0.438. The number of methoxy groups -OCH3 is 1. The molecule has 1 fully saturated rings. The Hall–Kier alpha value is -1.77. The van der Waals surface area contributed by atoms with Crippen LogP contribution >= 0.6 is 0 Å². The van der Waals surface area contributed by atoms with Gasteiger partial charge in [0, 0.05) is 17.5 Å². The van der Waals surface area contributed by atoms with Gasteiger partial charge in [-0.15, -0.1) is 0 Å². The van der Waals surface area contributed by atoms with E-state index in [0.717, 1.165) is 29.5 Å². The van der Waals surface area contributed by atoms with Crippen LogP contribution in [0.5, 0.6) is 5.75 Å². The fourth-order valence-corrected chi connectivity index (χ4v) is 3.06. The lowest BCUT2D eigenvalue weighted by Crippen LogP contribution is -2.17. The summed E-state index contributed by atoms with van der Waals surface area (Å²) >= 11 is 0. The van der Waals surface area contributed by atoms with E-state index >= 15 is 0 Å². The van der Waals surface area contributed by atoms with E-state index in [4.69, 9.17) is 4.74 Å². The summed E-state index contributed by atoms with van der Waals surface area (Å²) in [5.74, 6) is 1.52. The van der Waals surface area contributed by atoms with Gasteiger partial charge in [0.25, 0.3) is 0 Å². The summed E-state index contributed by atoms with van der Waals surface area (Å²) in [4.78, 5) is 12.3. The monoisotopic (exact) mass is 257 g/mol. The lowest BCUT2D eigenvalue weighted by molar-refractivity contribution is -0.123. The van der Waals surface area contributed by atoms with Gasteiger partial charge in [-0.2, -0.15) is 0 Å². The van der Waals surface area contributed by atoms with Crippen LogP contribution in [0.25, 0.3) is 10.9 Å². The van der Waals surface area contributed by atoms with Crippen LogP contribution < -0.4 is 4.74 Å². The lowest BCUT2D eigenvalue weighted by Gasteiger charge is -2.10. The Kier molecular flexibility index (Phi) is 3.28. The third kappa shape index (κ3) is 2.25. The van der Waals surface area contributed by atoms with Crippen molar-refractivity contribution < 1.29 is 9.53 Å². The van der Waals surface area contributed by atoms with Crippen LogP contribution in [0, 0.1) is 5.92 Å². The van der Waals surface area contributed by atoms with Crippen LogP contribution in [0.4, 0.5) is 0 Å². The number of hydrogen-bond acceptors (Lipinski definition) is 2. The van der Waals surface area contributed by atoms with E-state index in [-0.39, 0.29) is 5.92 Å². The zero-order valence-electron chi connectivity index (χ0n) is 11.3. The van der Waals surface area contributed by atoms with Crippen LogP contribution in [-0.4, -0.2) is 17.5 Å². The summed E-state index contributed by atoms with van der Waals surface area (Å²) in [6, 6.07) is 7.99. The fourth-order valence-electron chi connectivity index (χ4n) is 3.06. The van der Waals surface area contributed by atoms with Gasteiger partial charge in [0.1, 0.15) is 5.75 Å². The second-order valence-electron chi connectivity index (χ2n) is 5.28. The van der Waals surface area contributed by atoms with E-state index in [9.17, 15) is 4.79 Å². The van der Waals surface area contributed by atoms with E-state index in [1.165, 1.54) is 12.8 Å². The highest BCUT2D eigenvalue weighted by Crippen LogP contribution is 2.28. The van der Waals surface area contributed by atoms with Crippen LogP contribution in [0.3, 0.4) is 0 Å². The Balaban J connectivity index is 1.87. The number of nitrogens with zero attached hydrogens (tertiary/aromatic N) is 1. The van der Waals surface area contributed by atoms with Crippen molar-refractivity contribution in [1.29, 1.82) is 0 Å². The average Bonchev–Trinajstić information content (AvgIpc) is 3.08. The molecule has 1 aliphatic rings. The van der Waals surface area contributed by atoms with Crippen LogP contribution in [0.15, 0.2) is 30.5 Å². The van der Waals surface area contributed by atoms with Crippen molar-refractivity contribution >= 4 is 16.7 Å². The summed E-state index contributed by atoms with van der Waals surface area (Å²) in [5, 5.41) is 1.07. The van der Waals surface area contributed by atoms with E-state index in [0.29, 0.717) is 12.3 Å². The molecule has 0 N–H and O–H groups in total. The summed E-state index contributed by atoms with van der Waals surface area (Å²) in [6.07, 6.45) is 6.54. The Morgan fingerprint density at radius 1 is 1.32 bits per heavy atom. The van der Waals surface area contributed by atoms with Gasteiger partial charge in [-0.3, -0.25) is 4.79 Å². The maximum atomic E-state index is 12.3. The number of carbonyl (C=O) groups is 1. The second-order valence-corrected chi connectivity index (χ2v) is 5.28. The van der Waals surface area contributed by atoms with Crippen LogP contribution in [0.2, 0.25) is 0 Å². The molecule has 0 atom stereocenters. The normalized spacial score (nSPS) is 16.1. The number of ether oxygens (including phenoxy) is 1. The molecular weight excluding hydrogens is 238 g/mol. The zero-order valence-corrected chi connectivity index (χ0v) is 11.3. The highest BCUT2D eigenvalue weighted by molar-refractivity contribution is 5.89. The predicted octanol–water partition coefficient (Wildman–Crippen LogP) is 3.41. The first-order valence-corrected chi connectivity index (χ1v) is 6.94. The van der Waals surface area contributed by atoms with Gasteiger partial charge >= 0.3 is 0 Å². The lowest BCUT2D eigenvalue weighted by atomic mass is 10.0. The van der Waals surface area contributed by atoms with Crippen LogP contribution in [-0.2, 0) is 11.3 Å². The zero-order chi connectivity index (χ0) is 13.2. The number of aromatic nitrogens is 1. The van der Waals surface area contributed by atoms with Crippen molar-refractivity contribution in [3.8, 4) is 5.75 Å². The molecule has 3 nitrogen and oxygen atoms in total. The first-order chi connectivity index (χ1) is 9.29. The number of benzene rings is 1. The molecule has 0 aliphatic heterocycles. The van der Waals surface area contributed by atoms with Gasteiger partial charge in [-0.1, -0.05) is 18.9 Å². The maximum absolute atomic E-state index is 12.3. The molecule has 3 heteroatoms. The third-order valence-corrected chi connectivity index (χ3v) is 4.13. The van der Waals surface area contributed by atoms with Crippen molar-refractivity contribution in [3.05, 3.63) is 30.5 Å². The van der Waals surface area contributed by atoms with Gasteiger partial charge in [0.15, 0.2) is 5.78 Å². The molecule has 1 aromatic heterocycles. The summed E-state index contributed by atoms with van der Waals surface area (Å²) < 4.78 is 7.39. The molecule has 0 unspecified atom stereocenters. The topological polar surface area (TPSA) is 31.2 Å². The van der Waals surface area contributed by atoms with Gasteiger partial charge in [0.2, 0.25) is 0 Å². The summed E-state index contributed by atoms with van der Waals surface area (Å²) in [6.45, 7) is 0.487. The molecule has 1 saturated carbocycles. The number of rotatable bonds is 4. The smallest absolute Gasteiger partial charge is 0.155 e.